The number of hydrogen-bond acceptors (Lipinski definition) is 4. The molecule has 2 N–H and O–H groups in total. The van der Waals surface area contributed by atoms with Crippen LogP contribution in [0.1, 0.15) is 26.7 Å². The Balaban J connectivity index is 3.42. The molecule has 0 aliphatic carbocycles. The summed E-state index contributed by atoms with van der Waals surface area (Å²) >= 11 is 1.51. The molecule has 0 heterocycles. The highest BCUT2D eigenvalue weighted by Crippen LogP contribution is 2.13. The van der Waals surface area contributed by atoms with E-state index in [9.17, 15) is 4.79 Å². The summed E-state index contributed by atoms with van der Waals surface area (Å²) in [5.74, 6) is 0.582. The first-order valence-electron chi connectivity index (χ1n) is 5.52. The van der Waals surface area contributed by atoms with Crippen molar-refractivity contribution in [1.82, 2.24) is 5.32 Å². The van der Waals surface area contributed by atoms with E-state index < -0.39 is 0 Å². The Bertz CT molecular complexity index is 198. The topological polar surface area (TPSA) is 58.6 Å². The van der Waals surface area contributed by atoms with Crippen LogP contribution in [0.4, 0.5) is 0 Å². The minimum absolute atomic E-state index is 0.0714. The second kappa shape index (κ2) is 8.84. The number of aliphatic hydroxyl groups is 1. The van der Waals surface area contributed by atoms with Gasteiger partial charge in [-0.25, -0.2) is 0 Å². The van der Waals surface area contributed by atoms with Crippen molar-refractivity contribution in [2.75, 3.05) is 31.8 Å². The highest BCUT2D eigenvalue weighted by Gasteiger charge is 2.16. The lowest BCUT2D eigenvalue weighted by atomic mass is 10.1. The number of hydrogen-bond donors (Lipinski definition) is 2. The van der Waals surface area contributed by atoms with Crippen molar-refractivity contribution in [3.8, 4) is 0 Å². The number of rotatable bonds is 9. The van der Waals surface area contributed by atoms with Gasteiger partial charge in [0.05, 0.1) is 11.4 Å². The molecule has 0 atom stereocenters. The van der Waals surface area contributed by atoms with Crippen LogP contribution < -0.4 is 5.32 Å². The summed E-state index contributed by atoms with van der Waals surface area (Å²) in [4.78, 5) is 11.1. The zero-order valence-electron chi connectivity index (χ0n) is 10.4. The molecular formula is C11H23NO3S. The van der Waals surface area contributed by atoms with E-state index in [0.717, 1.165) is 6.42 Å². The van der Waals surface area contributed by atoms with Crippen LogP contribution in [0, 0.1) is 0 Å². The molecule has 4 nitrogen and oxygen atoms in total. The molecule has 0 fully saturated rings. The van der Waals surface area contributed by atoms with Crippen LogP contribution in [0.25, 0.3) is 0 Å². The van der Waals surface area contributed by atoms with Gasteiger partial charge in [0.15, 0.2) is 0 Å². The van der Waals surface area contributed by atoms with E-state index in [0.29, 0.717) is 25.3 Å². The van der Waals surface area contributed by atoms with E-state index in [4.69, 9.17) is 9.84 Å². The van der Waals surface area contributed by atoms with E-state index in [1.54, 1.807) is 0 Å². The lowest BCUT2D eigenvalue weighted by molar-refractivity contribution is -0.118. The van der Waals surface area contributed by atoms with Gasteiger partial charge in [0, 0.05) is 19.8 Å². The Morgan fingerprint density at radius 1 is 1.50 bits per heavy atom. The molecule has 0 saturated carbocycles. The molecule has 0 aromatic rings. The zero-order valence-corrected chi connectivity index (χ0v) is 11.2. The summed E-state index contributed by atoms with van der Waals surface area (Å²) in [6.07, 6.45) is 3.33. The number of amides is 1. The van der Waals surface area contributed by atoms with Gasteiger partial charge in [-0.15, -0.1) is 0 Å². The lowest BCUT2D eigenvalue weighted by Gasteiger charge is -2.24. The standard InChI is InChI=1S/C11H23NO3S/c1-11(2,5-7-13)15-8-4-6-12-10(14)9-16-3/h13H,4-9H2,1-3H3,(H,12,14). The van der Waals surface area contributed by atoms with Gasteiger partial charge in [-0.2, -0.15) is 11.8 Å². The monoisotopic (exact) mass is 249 g/mol. The van der Waals surface area contributed by atoms with Crippen molar-refractivity contribution < 1.29 is 14.6 Å². The molecule has 0 unspecified atom stereocenters. The molecule has 5 heteroatoms. The number of thioether (sulfide) groups is 1. The second-order valence-electron chi connectivity index (χ2n) is 4.22. The summed E-state index contributed by atoms with van der Waals surface area (Å²) in [7, 11) is 0. The number of aliphatic hydroxyl groups excluding tert-OH is 1. The number of carbonyl (C=O) groups excluding carboxylic acids is 1. The van der Waals surface area contributed by atoms with Crippen molar-refractivity contribution >= 4 is 17.7 Å². The third kappa shape index (κ3) is 9.00. The molecule has 0 spiro atoms. The Labute approximate surface area is 102 Å². The van der Waals surface area contributed by atoms with E-state index in [1.165, 1.54) is 11.8 Å². The highest BCUT2D eigenvalue weighted by molar-refractivity contribution is 7.99. The number of carbonyl (C=O) groups is 1. The average molecular weight is 249 g/mol. The van der Waals surface area contributed by atoms with Crippen molar-refractivity contribution in [1.29, 1.82) is 0 Å². The van der Waals surface area contributed by atoms with Crippen molar-refractivity contribution in [2.24, 2.45) is 0 Å². The molecule has 0 radical (unpaired) electrons. The quantitative estimate of drug-likeness (QED) is 0.599. The molecule has 0 aliphatic rings. The van der Waals surface area contributed by atoms with Crippen LogP contribution >= 0.6 is 11.8 Å². The van der Waals surface area contributed by atoms with Crippen LogP contribution in [0.2, 0.25) is 0 Å². The van der Waals surface area contributed by atoms with Gasteiger partial charge in [0.1, 0.15) is 0 Å². The molecule has 0 saturated heterocycles. The first kappa shape index (κ1) is 15.7. The molecule has 96 valence electrons. The Morgan fingerprint density at radius 3 is 2.75 bits per heavy atom. The normalized spacial score (nSPS) is 11.5. The van der Waals surface area contributed by atoms with E-state index >= 15 is 0 Å². The fraction of sp³-hybridized carbons (Fsp3) is 0.909. The van der Waals surface area contributed by atoms with E-state index in [1.807, 2.05) is 20.1 Å². The highest BCUT2D eigenvalue weighted by atomic mass is 32.2. The van der Waals surface area contributed by atoms with Crippen LogP contribution in [-0.2, 0) is 9.53 Å². The SMILES string of the molecule is CSCC(=O)NCCCOC(C)(C)CCO. The minimum atomic E-state index is -0.280. The van der Waals surface area contributed by atoms with Crippen LogP contribution in [-0.4, -0.2) is 48.4 Å². The first-order chi connectivity index (χ1) is 7.52. The molecular weight excluding hydrogens is 226 g/mol. The van der Waals surface area contributed by atoms with Crippen molar-refractivity contribution in [3.63, 3.8) is 0 Å². The number of nitrogens with one attached hydrogen (secondary N) is 1. The van der Waals surface area contributed by atoms with Crippen molar-refractivity contribution in [3.05, 3.63) is 0 Å². The Hall–Kier alpha value is -0.260. The smallest absolute Gasteiger partial charge is 0.229 e. The second-order valence-corrected chi connectivity index (χ2v) is 5.08. The summed E-state index contributed by atoms with van der Waals surface area (Å²) in [6, 6.07) is 0. The van der Waals surface area contributed by atoms with Crippen LogP contribution in [0.3, 0.4) is 0 Å². The van der Waals surface area contributed by atoms with Gasteiger partial charge >= 0.3 is 0 Å². The number of ether oxygens (including phenoxy) is 1. The predicted molar refractivity (Wildman–Crippen MR) is 67.7 cm³/mol. The molecule has 1 amide bonds. The third-order valence-electron chi connectivity index (χ3n) is 2.13. The molecule has 0 aromatic carbocycles. The third-order valence-corrected chi connectivity index (χ3v) is 2.68. The van der Waals surface area contributed by atoms with Gasteiger partial charge in [0.25, 0.3) is 0 Å². The molecule has 0 rings (SSSR count). The fourth-order valence-corrected chi connectivity index (χ4v) is 1.54. The maximum absolute atomic E-state index is 11.1. The van der Waals surface area contributed by atoms with Gasteiger partial charge in [-0.3, -0.25) is 4.79 Å². The molecule has 0 bridgehead atoms. The zero-order chi connectivity index (χ0) is 12.4. The van der Waals surface area contributed by atoms with Gasteiger partial charge in [-0.05, 0) is 32.9 Å². The molecule has 16 heavy (non-hydrogen) atoms. The maximum Gasteiger partial charge on any atom is 0.229 e. The maximum atomic E-state index is 11.1. The summed E-state index contributed by atoms with van der Waals surface area (Å²) in [5, 5.41) is 11.6. The minimum Gasteiger partial charge on any atom is -0.396 e. The predicted octanol–water partition coefficient (Wildman–Crippen LogP) is 1.03. The summed E-state index contributed by atoms with van der Waals surface area (Å²) < 4.78 is 5.60. The van der Waals surface area contributed by atoms with Crippen LogP contribution in [0.5, 0.6) is 0 Å². The van der Waals surface area contributed by atoms with Gasteiger partial charge in [-0.1, -0.05) is 0 Å². The summed E-state index contributed by atoms with van der Waals surface area (Å²) in [6.45, 7) is 5.30. The largest absolute Gasteiger partial charge is 0.396 e. The Morgan fingerprint density at radius 2 is 2.19 bits per heavy atom. The first-order valence-corrected chi connectivity index (χ1v) is 6.91. The van der Waals surface area contributed by atoms with Gasteiger partial charge in [0.2, 0.25) is 5.91 Å². The van der Waals surface area contributed by atoms with Crippen LogP contribution in [0.15, 0.2) is 0 Å². The van der Waals surface area contributed by atoms with E-state index in [-0.39, 0.29) is 18.1 Å². The van der Waals surface area contributed by atoms with E-state index in [2.05, 4.69) is 5.32 Å². The lowest BCUT2D eigenvalue weighted by Crippen LogP contribution is -2.29. The molecule has 0 aromatic heterocycles. The summed E-state index contributed by atoms with van der Waals surface area (Å²) in [5.41, 5.74) is -0.280. The van der Waals surface area contributed by atoms with Gasteiger partial charge < -0.3 is 15.2 Å². The fourth-order valence-electron chi connectivity index (χ4n) is 1.17. The average Bonchev–Trinajstić information content (AvgIpc) is 2.17. The van der Waals surface area contributed by atoms with Crippen molar-refractivity contribution in [2.45, 2.75) is 32.3 Å². The Kier molecular flexibility index (Phi) is 8.70. The molecule has 0 aliphatic heterocycles.